The van der Waals surface area contributed by atoms with E-state index in [0.29, 0.717) is 6.42 Å². The van der Waals surface area contributed by atoms with Crippen molar-refractivity contribution in [3.8, 4) is 0 Å². The van der Waals surface area contributed by atoms with E-state index in [4.69, 9.17) is 17.2 Å². The molecule has 0 aliphatic carbocycles. The van der Waals surface area contributed by atoms with Crippen LogP contribution >= 0.6 is 0 Å². The molecule has 1 aromatic rings. The van der Waals surface area contributed by atoms with Crippen molar-refractivity contribution in [1.29, 1.82) is 0 Å². The molecule has 232 valence electrons. The van der Waals surface area contributed by atoms with Crippen LogP contribution in [0.25, 0.3) is 0 Å². The molecule has 0 bridgehead atoms. The van der Waals surface area contributed by atoms with Gasteiger partial charge in [-0.3, -0.25) is 44.4 Å². The number of primary amides is 1. The number of carbonyl (C=O) groups excluding carboxylic acids is 4. The smallest absolute Gasteiger partial charge is 0.299 e. The molecule has 4 amide bonds. The Balaban J connectivity index is 2.88. The van der Waals surface area contributed by atoms with Crippen LogP contribution in [0.3, 0.4) is 0 Å². The number of aliphatic imine (C=N–C) groups is 1. The van der Waals surface area contributed by atoms with Gasteiger partial charge in [-0.2, -0.15) is 0 Å². The Morgan fingerprint density at radius 2 is 1.45 bits per heavy atom. The number of rotatable bonds is 17. The van der Waals surface area contributed by atoms with Crippen LogP contribution in [0, 0.1) is 26.1 Å². The maximum atomic E-state index is 13.0. The van der Waals surface area contributed by atoms with E-state index in [1.54, 1.807) is 0 Å². The Morgan fingerprint density at radius 3 is 1.98 bits per heavy atom. The van der Waals surface area contributed by atoms with Gasteiger partial charge in [0.25, 0.3) is 11.4 Å². The number of nitro benzene ring substituents is 2. The summed E-state index contributed by atoms with van der Waals surface area (Å²) in [5, 5.41) is 32.5. The van der Waals surface area contributed by atoms with E-state index >= 15 is 0 Å². The van der Waals surface area contributed by atoms with Gasteiger partial charge in [0.05, 0.1) is 15.9 Å². The van der Waals surface area contributed by atoms with E-state index in [1.807, 2.05) is 13.8 Å². The fraction of sp³-hybridized carbons (Fsp3) is 0.542. The standard InChI is InChI=1S/C24H38N10O8/c1-12(2)10-18(23(38)31-17(20(25)35)6-5-9-28-24(26)27)32-22(37)14(4)30-21(36)13(3)29-16-8-7-15(33(39)40)11-19(16)34(41)42/h7-8,11-14,17-18,29H,5-6,9-10H2,1-4H3,(H2,25,35)(H,30,36)(H,31,38)(H,32,37)(H4,26,27,28)/t13-,14-,17-,18-/m0/s1. The lowest BCUT2D eigenvalue weighted by Crippen LogP contribution is -2.56. The molecule has 0 aliphatic rings. The summed E-state index contributed by atoms with van der Waals surface area (Å²) in [6.07, 6.45) is 0.718. The Hall–Kier alpha value is -5.03. The first kappa shape index (κ1) is 35.0. The molecule has 0 heterocycles. The van der Waals surface area contributed by atoms with Crippen molar-refractivity contribution >= 4 is 46.7 Å². The number of nitrogens with one attached hydrogen (secondary N) is 4. The summed E-state index contributed by atoms with van der Waals surface area (Å²) in [7, 11) is 0. The Kier molecular flexibility index (Phi) is 13.6. The van der Waals surface area contributed by atoms with Crippen LogP contribution in [0.2, 0.25) is 0 Å². The summed E-state index contributed by atoms with van der Waals surface area (Å²) in [6.45, 7) is 6.61. The van der Waals surface area contributed by atoms with Gasteiger partial charge in [-0.15, -0.1) is 0 Å². The average molecular weight is 595 g/mol. The first-order chi connectivity index (χ1) is 19.5. The van der Waals surface area contributed by atoms with Crippen molar-refractivity contribution in [3.63, 3.8) is 0 Å². The lowest BCUT2D eigenvalue weighted by molar-refractivity contribution is -0.393. The highest BCUT2D eigenvalue weighted by atomic mass is 16.6. The maximum absolute atomic E-state index is 13.0. The number of nitrogens with zero attached hydrogens (tertiary/aromatic N) is 3. The number of guanidine groups is 1. The lowest BCUT2D eigenvalue weighted by Gasteiger charge is -2.25. The van der Waals surface area contributed by atoms with Crippen molar-refractivity contribution in [3.05, 3.63) is 38.4 Å². The fourth-order valence-electron chi connectivity index (χ4n) is 3.67. The van der Waals surface area contributed by atoms with E-state index in [9.17, 15) is 39.4 Å². The van der Waals surface area contributed by atoms with E-state index in [1.165, 1.54) is 13.8 Å². The Morgan fingerprint density at radius 1 is 0.857 bits per heavy atom. The normalized spacial score (nSPS) is 13.5. The Labute approximate surface area is 241 Å². The summed E-state index contributed by atoms with van der Waals surface area (Å²) >= 11 is 0. The quantitative estimate of drug-likeness (QED) is 0.0391. The second kappa shape index (κ2) is 16.3. The van der Waals surface area contributed by atoms with Gasteiger partial charge in [-0.1, -0.05) is 13.8 Å². The molecule has 0 fully saturated rings. The lowest BCUT2D eigenvalue weighted by atomic mass is 10.0. The predicted octanol–water partition coefficient (Wildman–Crippen LogP) is -0.637. The first-order valence-corrected chi connectivity index (χ1v) is 13.0. The minimum absolute atomic E-state index is 0.0402. The van der Waals surface area contributed by atoms with Crippen LogP contribution in [0.4, 0.5) is 17.1 Å². The number of amides is 4. The van der Waals surface area contributed by atoms with Crippen molar-refractivity contribution in [1.82, 2.24) is 16.0 Å². The van der Waals surface area contributed by atoms with Gasteiger partial charge < -0.3 is 38.5 Å². The van der Waals surface area contributed by atoms with Crippen LogP contribution < -0.4 is 38.5 Å². The van der Waals surface area contributed by atoms with E-state index in [-0.39, 0.29) is 37.0 Å². The number of carbonyl (C=O) groups is 4. The summed E-state index contributed by atoms with van der Waals surface area (Å²) in [6, 6.07) is -1.42. The number of non-ortho nitro benzene ring substituents is 1. The van der Waals surface area contributed by atoms with Gasteiger partial charge in [-0.05, 0) is 45.1 Å². The minimum atomic E-state index is -1.14. The molecule has 18 nitrogen and oxygen atoms in total. The molecule has 0 unspecified atom stereocenters. The molecule has 0 saturated carbocycles. The molecule has 18 heteroatoms. The van der Waals surface area contributed by atoms with Crippen LogP contribution in [0.15, 0.2) is 23.2 Å². The maximum Gasteiger partial charge on any atom is 0.299 e. The van der Waals surface area contributed by atoms with Gasteiger partial charge in [0.15, 0.2) is 5.96 Å². The van der Waals surface area contributed by atoms with Crippen LogP contribution in [0.5, 0.6) is 0 Å². The van der Waals surface area contributed by atoms with E-state index in [0.717, 1.165) is 18.2 Å². The Bertz CT molecular complexity index is 1200. The number of benzene rings is 1. The summed E-state index contributed by atoms with van der Waals surface area (Å²) in [5.41, 5.74) is 14.7. The number of nitro groups is 2. The summed E-state index contributed by atoms with van der Waals surface area (Å²) in [5.74, 6) is -3.01. The third kappa shape index (κ3) is 11.6. The monoisotopic (exact) mass is 594 g/mol. The number of nitrogens with two attached hydrogens (primary N) is 3. The predicted molar refractivity (Wildman–Crippen MR) is 153 cm³/mol. The molecule has 0 spiro atoms. The highest BCUT2D eigenvalue weighted by Crippen LogP contribution is 2.29. The van der Waals surface area contributed by atoms with Crippen LogP contribution in [0.1, 0.15) is 47.0 Å². The van der Waals surface area contributed by atoms with Gasteiger partial charge in [0.1, 0.15) is 29.9 Å². The molecule has 0 saturated heterocycles. The number of hydrogen-bond acceptors (Lipinski definition) is 10. The second-order valence-corrected chi connectivity index (χ2v) is 9.92. The zero-order valence-electron chi connectivity index (χ0n) is 23.8. The molecule has 4 atom stereocenters. The minimum Gasteiger partial charge on any atom is -0.370 e. The largest absolute Gasteiger partial charge is 0.370 e. The molecule has 0 radical (unpaired) electrons. The summed E-state index contributed by atoms with van der Waals surface area (Å²) in [4.78, 5) is 74.9. The molecular formula is C24H38N10O8. The zero-order valence-corrected chi connectivity index (χ0v) is 23.8. The number of hydrogen-bond donors (Lipinski definition) is 7. The van der Waals surface area contributed by atoms with Crippen molar-refractivity contribution < 1.29 is 29.0 Å². The molecule has 0 aromatic heterocycles. The molecule has 10 N–H and O–H groups in total. The van der Waals surface area contributed by atoms with Crippen molar-refractivity contribution in [2.45, 2.75) is 71.1 Å². The van der Waals surface area contributed by atoms with Crippen LogP contribution in [-0.4, -0.2) is 70.1 Å². The highest BCUT2D eigenvalue weighted by molar-refractivity contribution is 5.95. The van der Waals surface area contributed by atoms with Gasteiger partial charge in [0.2, 0.25) is 23.6 Å². The number of anilines is 1. The van der Waals surface area contributed by atoms with Gasteiger partial charge >= 0.3 is 0 Å². The first-order valence-electron chi connectivity index (χ1n) is 13.0. The topological polar surface area (TPSA) is 293 Å². The van der Waals surface area contributed by atoms with Gasteiger partial charge in [-0.25, -0.2) is 0 Å². The van der Waals surface area contributed by atoms with E-state index in [2.05, 4.69) is 26.3 Å². The third-order valence-electron chi connectivity index (χ3n) is 5.85. The SMILES string of the molecule is CC(C)C[C@H](NC(=O)[C@H](C)NC(=O)[C@H](C)Nc1ccc([N+](=O)[O-])cc1[N+](=O)[O-])C(=O)N[C@@H](CCCN=C(N)N)C(N)=O. The van der Waals surface area contributed by atoms with Gasteiger partial charge in [0, 0.05) is 12.6 Å². The molecule has 0 aliphatic heterocycles. The zero-order chi connectivity index (χ0) is 32.1. The fourth-order valence-corrected chi connectivity index (χ4v) is 3.67. The van der Waals surface area contributed by atoms with Crippen LogP contribution in [-0.2, 0) is 19.2 Å². The molecule has 1 rings (SSSR count). The molecule has 42 heavy (non-hydrogen) atoms. The van der Waals surface area contributed by atoms with Crippen molar-refractivity contribution in [2.24, 2.45) is 28.1 Å². The molecule has 1 aromatic carbocycles. The second-order valence-electron chi connectivity index (χ2n) is 9.92. The van der Waals surface area contributed by atoms with E-state index < -0.39 is 69.0 Å². The average Bonchev–Trinajstić information content (AvgIpc) is 2.88. The highest BCUT2D eigenvalue weighted by Gasteiger charge is 2.29. The summed E-state index contributed by atoms with van der Waals surface area (Å²) < 4.78 is 0. The van der Waals surface area contributed by atoms with Crippen molar-refractivity contribution in [2.75, 3.05) is 11.9 Å². The molecular weight excluding hydrogens is 556 g/mol. The third-order valence-corrected chi connectivity index (χ3v) is 5.85.